The molecule has 0 aliphatic heterocycles. The van der Waals surface area contributed by atoms with Crippen molar-refractivity contribution >= 4 is 5.97 Å². The summed E-state index contributed by atoms with van der Waals surface area (Å²) in [6.07, 6.45) is -3.77. The lowest BCUT2D eigenvalue weighted by Crippen LogP contribution is -2.56. The van der Waals surface area contributed by atoms with Gasteiger partial charge >= 0.3 is 24.1 Å². The van der Waals surface area contributed by atoms with Crippen LogP contribution in [0.25, 0.3) is 0 Å². The predicted molar refractivity (Wildman–Crippen MR) is 58.5 cm³/mol. The van der Waals surface area contributed by atoms with Gasteiger partial charge in [-0.2, -0.15) is 26.3 Å². The van der Waals surface area contributed by atoms with Gasteiger partial charge in [-0.1, -0.05) is 33.3 Å². The zero-order valence-corrected chi connectivity index (χ0v) is 11.2. The highest BCUT2D eigenvalue weighted by Crippen LogP contribution is 2.44. The van der Waals surface area contributed by atoms with E-state index in [2.05, 4.69) is 25.2 Å². The minimum atomic E-state index is -6.41. The van der Waals surface area contributed by atoms with E-state index in [0.717, 1.165) is 6.92 Å². The summed E-state index contributed by atoms with van der Waals surface area (Å²) in [5, 5.41) is 8.18. The van der Waals surface area contributed by atoms with Crippen LogP contribution in [0, 0.1) is 0 Å². The molecule has 0 aliphatic carbocycles. The van der Waals surface area contributed by atoms with Gasteiger partial charge in [0.2, 0.25) is 0 Å². The third kappa shape index (κ3) is 5.81. The second-order valence-corrected chi connectivity index (χ2v) is 3.80. The molecule has 0 saturated carbocycles. The first-order valence-electron chi connectivity index (χ1n) is 5.49. The van der Waals surface area contributed by atoms with Crippen molar-refractivity contribution in [3.8, 4) is 0 Å². The Morgan fingerprint density at radius 1 is 1.10 bits per heavy atom. The predicted octanol–water partition coefficient (Wildman–Crippen LogP) is 3.73. The molecule has 1 N–H and O–H groups in total. The first-order chi connectivity index (χ1) is 8.74. The second kappa shape index (κ2) is 7.51. The van der Waals surface area contributed by atoms with Gasteiger partial charge in [0.1, 0.15) is 0 Å². The minimum Gasteiger partial charge on any atom is -0.396 e. The number of carbonyl (C=O) groups excluding carboxylic acids is 1. The van der Waals surface area contributed by atoms with Crippen LogP contribution in [-0.4, -0.2) is 29.2 Å². The Hall–Kier alpha value is -1.25. The largest absolute Gasteiger partial charge is 0.463 e. The summed E-state index contributed by atoms with van der Waals surface area (Å²) in [4.78, 5) is 10.5. The van der Waals surface area contributed by atoms with Gasteiger partial charge in [0.05, 0.1) is 0 Å². The molecule has 0 rings (SSSR count). The summed E-state index contributed by atoms with van der Waals surface area (Å²) < 4.78 is 74.9. The van der Waals surface area contributed by atoms with E-state index < -0.39 is 29.7 Å². The molecule has 0 saturated heterocycles. The normalized spacial score (nSPS) is 14.7. The lowest BCUT2D eigenvalue weighted by atomic mass is 10.3. The van der Waals surface area contributed by atoms with Gasteiger partial charge in [-0.25, -0.2) is 4.79 Å². The van der Waals surface area contributed by atoms with E-state index in [1.165, 1.54) is 12.8 Å². The Morgan fingerprint density at radius 2 is 1.45 bits per heavy atom. The first-order valence-corrected chi connectivity index (χ1v) is 5.49. The SMILES string of the molecule is C=C(C)C(=O)OC(O)(F)C(F)(F)C(F)(F)F.CCCC. The van der Waals surface area contributed by atoms with Crippen LogP contribution in [0.5, 0.6) is 0 Å². The summed E-state index contributed by atoms with van der Waals surface area (Å²) in [5.74, 6) is -8.17. The van der Waals surface area contributed by atoms with Crippen molar-refractivity contribution in [1.29, 1.82) is 0 Å². The molecular formula is C11H16F6O3. The van der Waals surface area contributed by atoms with Crippen LogP contribution in [0.15, 0.2) is 12.2 Å². The molecule has 0 aromatic carbocycles. The van der Waals surface area contributed by atoms with E-state index in [1.54, 1.807) is 0 Å². The number of hydrogen-bond acceptors (Lipinski definition) is 3. The molecule has 0 heterocycles. The molecule has 0 aliphatic rings. The molecule has 0 spiro atoms. The molecule has 0 aromatic rings. The molecule has 1 atom stereocenters. The van der Waals surface area contributed by atoms with E-state index in [1.807, 2.05) is 0 Å². The van der Waals surface area contributed by atoms with Crippen molar-refractivity contribution in [1.82, 2.24) is 0 Å². The highest BCUT2D eigenvalue weighted by molar-refractivity contribution is 5.87. The first kappa shape index (κ1) is 21.1. The minimum absolute atomic E-state index is 0.658. The van der Waals surface area contributed by atoms with Crippen LogP contribution in [0.2, 0.25) is 0 Å². The van der Waals surface area contributed by atoms with Gasteiger partial charge in [-0.15, -0.1) is 0 Å². The Balaban J connectivity index is 0. The van der Waals surface area contributed by atoms with Crippen molar-refractivity contribution in [2.45, 2.75) is 51.8 Å². The summed E-state index contributed by atoms with van der Waals surface area (Å²) >= 11 is 0. The number of halogens is 6. The smallest absolute Gasteiger partial charge is 0.396 e. The number of alkyl halides is 6. The third-order valence-electron chi connectivity index (χ3n) is 1.82. The maximum absolute atomic E-state index is 12.6. The fourth-order valence-electron chi connectivity index (χ4n) is 0.449. The molecular weight excluding hydrogens is 294 g/mol. The quantitative estimate of drug-likeness (QED) is 0.372. The van der Waals surface area contributed by atoms with Gasteiger partial charge in [0.15, 0.2) is 0 Å². The van der Waals surface area contributed by atoms with Crippen molar-refractivity contribution in [2.75, 3.05) is 0 Å². The molecule has 9 heteroatoms. The topological polar surface area (TPSA) is 46.5 Å². The molecule has 120 valence electrons. The average Bonchev–Trinajstić information content (AvgIpc) is 2.26. The zero-order valence-electron chi connectivity index (χ0n) is 11.2. The van der Waals surface area contributed by atoms with E-state index in [-0.39, 0.29) is 0 Å². The molecule has 1 unspecified atom stereocenters. The Bertz CT molecular complexity index is 334. The highest BCUT2D eigenvalue weighted by atomic mass is 19.4. The standard InChI is InChI=1S/C7H6F6O3.C4H10/c1-3(2)4(14)16-7(13,15)5(8,9)6(10,11)12;1-3-4-2/h15H,1H2,2H3;3-4H2,1-2H3. The Labute approximate surface area is 112 Å². The van der Waals surface area contributed by atoms with E-state index >= 15 is 0 Å². The van der Waals surface area contributed by atoms with E-state index in [4.69, 9.17) is 5.11 Å². The Kier molecular flexibility index (Phi) is 7.91. The molecule has 0 bridgehead atoms. The van der Waals surface area contributed by atoms with Gasteiger partial charge in [-0.3, -0.25) is 0 Å². The summed E-state index contributed by atoms with van der Waals surface area (Å²) in [5.41, 5.74) is -0.658. The number of aliphatic hydroxyl groups is 1. The van der Waals surface area contributed by atoms with E-state index in [0.29, 0.717) is 0 Å². The number of ether oxygens (including phenoxy) is 1. The van der Waals surface area contributed by atoms with Gasteiger partial charge in [0, 0.05) is 5.57 Å². The van der Waals surface area contributed by atoms with Crippen molar-refractivity contribution in [3.05, 3.63) is 12.2 Å². The molecule has 0 amide bonds. The molecule has 0 aromatic heterocycles. The van der Waals surface area contributed by atoms with Crippen molar-refractivity contribution in [3.63, 3.8) is 0 Å². The Morgan fingerprint density at radius 3 is 1.65 bits per heavy atom. The van der Waals surface area contributed by atoms with Gasteiger partial charge in [0.25, 0.3) is 0 Å². The summed E-state index contributed by atoms with van der Waals surface area (Å²) in [7, 11) is 0. The highest BCUT2D eigenvalue weighted by Gasteiger charge is 2.74. The van der Waals surface area contributed by atoms with Gasteiger partial charge in [-0.05, 0) is 6.92 Å². The van der Waals surface area contributed by atoms with Gasteiger partial charge < -0.3 is 9.84 Å². The monoisotopic (exact) mass is 310 g/mol. The summed E-state index contributed by atoms with van der Waals surface area (Å²) in [6, 6.07) is -5.48. The maximum atomic E-state index is 12.6. The fourth-order valence-corrected chi connectivity index (χ4v) is 0.449. The van der Waals surface area contributed by atoms with Crippen LogP contribution in [0.3, 0.4) is 0 Å². The number of rotatable bonds is 4. The third-order valence-corrected chi connectivity index (χ3v) is 1.82. The average molecular weight is 310 g/mol. The fraction of sp³-hybridized carbons (Fsp3) is 0.727. The van der Waals surface area contributed by atoms with Crippen LogP contribution >= 0.6 is 0 Å². The van der Waals surface area contributed by atoms with Crippen molar-refractivity contribution in [2.24, 2.45) is 0 Å². The summed E-state index contributed by atoms with van der Waals surface area (Å²) in [6.45, 7) is 8.03. The van der Waals surface area contributed by atoms with Crippen molar-refractivity contribution < 1.29 is 41.0 Å². The van der Waals surface area contributed by atoms with Crippen LogP contribution in [-0.2, 0) is 9.53 Å². The van der Waals surface area contributed by atoms with E-state index in [9.17, 15) is 31.1 Å². The van der Waals surface area contributed by atoms with Crippen LogP contribution < -0.4 is 0 Å². The molecule has 0 radical (unpaired) electrons. The van der Waals surface area contributed by atoms with Crippen LogP contribution in [0.1, 0.15) is 33.6 Å². The lowest BCUT2D eigenvalue weighted by molar-refractivity contribution is -0.436. The molecule has 0 fully saturated rings. The number of carbonyl (C=O) groups is 1. The lowest BCUT2D eigenvalue weighted by Gasteiger charge is -2.28. The zero-order chi connectivity index (χ0) is 16.8. The molecule has 20 heavy (non-hydrogen) atoms. The molecule has 3 nitrogen and oxygen atoms in total. The number of hydrogen-bond donors (Lipinski definition) is 1. The number of esters is 1. The second-order valence-electron chi connectivity index (χ2n) is 3.80. The van der Waals surface area contributed by atoms with Crippen LogP contribution in [0.4, 0.5) is 26.3 Å². The maximum Gasteiger partial charge on any atom is 0.463 e. The number of unbranched alkanes of at least 4 members (excludes halogenated alkanes) is 1.